The van der Waals surface area contributed by atoms with E-state index in [9.17, 15) is 14.0 Å². The fourth-order valence-electron chi connectivity index (χ4n) is 2.75. The molecule has 1 fully saturated rings. The van der Waals surface area contributed by atoms with E-state index in [2.05, 4.69) is 5.32 Å². The maximum atomic E-state index is 12.9. The van der Waals surface area contributed by atoms with Gasteiger partial charge in [-0.05, 0) is 48.4 Å². The molecule has 4 nitrogen and oxygen atoms in total. The molecule has 1 N–H and O–H groups in total. The predicted octanol–water partition coefficient (Wildman–Crippen LogP) is 3.61. The number of likely N-dealkylation sites (tertiary alicyclic amines) is 1. The third-order valence-electron chi connectivity index (χ3n) is 4.01. The van der Waals surface area contributed by atoms with Crippen LogP contribution in [0.15, 0.2) is 48.5 Å². The molecule has 2 aromatic carbocycles. The second-order valence-corrected chi connectivity index (χ2v) is 6.14. The quantitative estimate of drug-likeness (QED) is 0.919. The van der Waals surface area contributed by atoms with E-state index in [1.807, 2.05) is 12.1 Å². The van der Waals surface area contributed by atoms with Crippen molar-refractivity contribution in [3.05, 3.63) is 64.9 Å². The molecule has 24 heavy (non-hydrogen) atoms. The maximum Gasteiger partial charge on any atom is 0.247 e. The molecule has 0 saturated carbocycles. The Balaban J connectivity index is 1.70. The fourth-order valence-corrected chi connectivity index (χ4v) is 2.88. The number of anilines is 1. The van der Waals surface area contributed by atoms with Gasteiger partial charge in [-0.1, -0.05) is 23.7 Å². The summed E-state index contributed by atoms with van der Waals surface area (Å²) < 4.78 is 12.9. The average molecular weight is 347 g/mol. The first-order chi connectivity index (χ1) is 11.5. The monoisotopic (exact) mass is 346 g/mol. The number of halogens is 2. The first-order valence-electron chi connectivity index (χ1n) is 7.63. The van der Waals surface area contributed by atoms with Crippen molar-refractivity contribution in [2.45, 2.75) is 25.4 Å². The summed E-state index contributed by atoms with van der Waals surface area (Å²) in [5, 5.41) is 3.36. The van der Waals surface area contributed by atoms with Crippen LogP contribution in [0.3, 0.4) is 0 Å². The van der Waals surface area contributed by atoms with E-state index in [1.165, 1.54) is 24.3 Å². The van der Waals surface area contributed by atoms with Crippen molar-refractivity contribution in [3.63, 3.8) is 0 Å². The van der Waals surface area contributed by atoms with Crippen LogP contribution >= 0.6 is 11.6 Å². The number of nitrogens with one attached hydrogen (secondary N) is 1. The molecular weight excluding hydrogens is 331 g/mol. The van der Waals surface area contributed by atoms with Gasteiger partial charge in [0.05, 0.1) is 0 Å². The van der Waals surface area contributed by atoms with Crippen molar-refractivity contribution in [2.24, 2.45) is 0 Å². The molecule has 1 saturated heterocycles. The van der Waals surface area contributed by atoms with Gasteiger partial charge in [0.1, 0.15) is 11.9 Å². The third-order valence-corrected chi connectivity index (χ3v) is 4.26. The van der Waals surface area contributed by atoms with Gasteiger partial charge in [-0.2, -0.15) is 0 Å². The summed E-state index contributed by atoms with van der Waals surface area (Å²) >= 11 is 5.87. The standard InChI is InChI=1S/C18H16ClFN2O2/c19-13-3-1-12(2-4-13)11-22-16(9-10-17(22)23)18(24)21-15-7-5-14(20)6-8-15/h1-8,16H,9-11H2,(H,21,24)/t16-/m1/s1. The van der Waals surface area contributed by atoms with Crippen molar-refractivity contribution >= 4 is 29.1 Å². The lowest BCUT2D eigenvalue weighted by Gasteiger charge is -2.24. The van der Waals surface area contributed by atoms with Gasteiger partial charge < -0.3 is 10.2 Å². The van der Waals surface area contributed by atoms with Gasteiger partial charge in [-0.3, -0.25) is 9.59 Å². The number of hydrogen-bond donors (Lipinski definition) is 1. The van der Waals surface area contributed by atoms with Crippen LogP contribution < -0.4 is 5.32 Å². The summed E-state index contributed by atoms with van der Waals surface area (Å²) in [5.74, 6) is -0.681. The van der Waals surface area contributed by atoms with Crippen LogP contribution in [-0.2, 0) is 16.1 Å². The molecule has 0 radical (unpaired) electrons. The minimum Gasteiger partial charge on any atom is -0.326 e. The molecular formula is C18H16ClFN2O2. The summed E-state index contributed by atoms with van der Waals surface area (Å²) in [5.41, 5.74) is 1.42. The number of rotatable bonds is 4. The molecule has 0 bridgehead atoms. The lowest BCUT2D eigenvalue weighted by Crippen LogP contribution is -2.41. The zero-order valence-corrected chi connectivity index (χ0v) is 13.6. The van der Waals surface area contributed by atoms with E-state index in [0.717, 1.165) is 5.56 Å². The highest BCUT2D eigenvalue weighted by Crippen LogP contribution is 2.23. The van der Waals surface area contributed by atoms with Crippen molar-refractivity contribution in [1.82, 2.24) is 4.90 Å². The Morgan fingerprint density at radius 2 is 1.83 bits per heavy atom. The molecule has 124 valence electrons. The van der Waals surface area contributed by atoms with E-state index in [-0.39, 0.29) is 17.6 Å². The van der Waals surface area contributed by atoms with Crippen molar-refractivity contribution in [3.8, 4) is 0 Å². The van der Waals surface area contributed by atoms with Crippen LogP contribution in [0, 0.1) is 5.82 Å². The topological polar surface area (TPSA) is 49.4 Å². The molecule has 0 spiro atoms. The van der Waals surface area contributed by atoms with Crippen molar-refractivity contribution in [2.75, 3.05) is 5.32 Å². The number of hydrogen-bond acceptors (Lipinski definition) is 2. The molecule has 2 aromatic rings. The number of nitrogens with zero attached hydrogens (tertiary/aromatic N) is 1. The molecule has 1 atom stereocenters. The van der Waals surface area contributed by atoms with Crippen LogP contribution in [-0.4, -0.2) is 22.8 Å². The van der Waals surface area contributed by atoms with Gasteiger partial charge >= 0.3 is 0 Å². The third kappa shape index (κ3) is 3.74. The van der Waals surface area contributed by atoms with E-state index in [0.29, 0.717) is 30.1 Å². The van der Waals surface area contributed by atoms with Crippen LogP contribution in [0.1, 0.15) is 18.4 Å². The molecule has 6 heteroatoms. The van der Waals surface area contributed by atoms with Crippen LogP contribution in [0.25, 0.3) is 0 Å². The van der Waals surface area contributed by atoms with Crippen molar-refractivity contribution < 1.29 is 14.0 Å². The van der Waals surface area contributed by atoms with Gasteiger partial charge in [0.25, 0.3) is 0 Å². The Morgan fingerprint density at radius 1 is 1.17 bits per heavy atom. The lowest BCUT2D eigenvalue weighted by molar-refractivity contribution is -0.133. The largest absolute Gasteiger partial charge is 0.326 e. The normalized spacial score (nSPS) is 17.2. The maximum absolute atomic E-state index is 12.9. The first-order valence-corrected chi connectivity index (χ1v) is 8.01. The summed E-state index contributed by atoms with van der Waals surface area (Å²) in [4.78, 5) is 26.2. The number of benzene rings is 2. The molecule has 0 aromatic heterocycles. The van der Waals surface area contributed by atoms with Gasteiger partial charge in [-0.25, -0.2) is 4.39 Å². The molecule has 0 aliphatic carbocycles. The number of carbonyl (C=O) groups is 2. The molecule has 1 heterocycles. The smallest absolute Gasteiger partial charge is 0.247 e. The Bertz CT molecular complexity index is 747. The Labute approximate surface area is 144 Å². The van der Waals surface area contributed by atoms with E-state index >= 15 is 0 Å². The van der Waals surface area contributed by atoms with Crippen LogP contribution in [0.2, 0.25) is 5.02 Å². The van der Waals surface area contributed by atoms with E-state index in [1.54, 1.807) is 17.0 Å². The Hall–Kier alpha value is -2.40. The fraction of sp³-hybridized carbons (Fsp3) is 0.222. The Morgan fingerprint density at radius 3 is 2.50 bits per heavy atom. The SMILES string of the molecule is O=C(Nc1ccc(F)cc1)[C@H]1CCC(=O)N1Cc1ccc(Cl)cc1. The molecule has 1 aliphatic rings. The number of amides is 2. The zero-order valence-electron chi connectivity index (χ0n) is 12.8. The predicted molar refractivity (Wildman–Crippen MR) is 90.1 cm³/mol. The van der Waals surface area contributed by atoms with Crippen LogP contribution in [0.4, 0.5) is 10.1 Å². The lowest BCUT2D eigenvalue weighted by atomic mass is 10.1. The van der Waals surface area contributed by atoms with E-state index in [4.69, 9.17) is 11.6 Å². The first kappa shape index (κ1) is 16.5. The highest BCUT2D eigenvalue weighted by molar-refractivity contribution is 6.30. The highest BCUT2D eigenvalue weighted by atomic mass is 35.5. The van der Waals surface area contributed by atoms with E-state index < -0.39 is 6.04 Å². The van der Waals surface area contributed by atoms with Crippen LogP contribution in [0.5, 0.6) is 0 Å². The van der Waals surface area contributed by atoms with Gasteiger partial charge in [-0.15, -0.1) is 0 Å². The minimum atomic E-state index is -0.529. The van der Waals surface area contributed by atoms with Gasteiger partial charge in [0.2, 0.25) is 11.8 Å². The molecule has 1 aliphatic heterocycles. The molecule has 3 rings (SSSR count). The van der Waals surface area contributed by atoms with Crippen molar-refractivity contribution in [1.29, 1.82) is 0 Å². The molecule has 0 unspecified atom stereocenters. The highest BCUT2D eigenvalue weighted by Gasteiger charge is 2.35. The zero-order chi connectivity index (χ0) is 17.1. The molecule has 2 amide bonds. The summed E-state index contributed by atoms with van der Waals surface area (Å²) in [7, 11) is 0. The van der Waals surface area contributed by atoms with Gasteiger partial charge in [0.15, 0.2) is 0 Å². The average Bonchev–Trinajstić information content (AvgIpc) is 2.93. The number of carbonyl (C=O) groups excluding carboxylic acids is 2. The second kappa shape index (κ2) is 7.01. The second-order valence-electron chi connectivity index (χ2n) is 5.70. The summed E-state index contributed by atoms with van der Waals surface area (Å²) in [6, 6.07) is 12.2. The van der Waals surface area contributed by atoms with Gasteiger partial charge in [0, 0.05) is 23.7 Å². The Kier molecular flexibility index (Phi) is 4.81. The summed E-state index contributed by atoms with van der Waals surface area (Å²) in [6.07, 6.45) is 0.814. The minimum absolute atomic E-state index is 0.0517. The summed E-state index contributed by atoms with van der Waals surface area (Å²) in [6.45, 7) is 0.359.